The van der Waals surface area contributed by atoms with Gasteiger partial charge in [-0.3, -0.25) is 4.79 Å². The average molecular weight is 217 g/mol. The Morgan fingerprint density at radius 1 is 1.38 bits per heavy atom. The number of carbonyl (C=O) groups is 1. The van der Waals surface area contributed by atoms with Gasteiger partial charge in [-0.25, -0.2) is 0 Å². The number of nitriles is 1. The normalized spacial score (nSPS) is 9.25. The fraction of sp³-hybridized carbons (Fsp3) is 0.333. The molecule has 0 aliphatic rings. The van der Waals surface area contributed by atoms with E-state index in [0.717, 1.165) is 18.7 Å². The molecule has 2 N–H and O–H groups in total. The van der Waals surface area contributed by atoms with E-state index in [9.17, 15) is 4.79 Å². The minimum Gasteiger partial charge on any atom is -0.385 e. The summed E-state index contributed by atoms with van der Waals surface area (Å²) < 4.78 is 0. The molecule has 0 aromatic heterocycles. The van der Waals surface area contributed by atoms with Crippen LogP contribution in [0.5, 0.6) is 0 Å². The Bertz CT molecular complexity index is 378. The molecule has 1 rings (SSSR count). The van der Waals surface area contributed by atoms with Crippen LogP contribution < -0.4 is 10.6 Å². The van der Waals surface area contributed by atoms with Crippen LogP contribution in [-0.4, -0.2) is 19.5 Å². The number of anilines is 1. The molecule has 0 spiro atoms. The van der Waals surface area contributed by atoms with Crippen molar-refractivity contribution in [2.24, 2.45) is 0 Å². The molecule has 4 nitrogen and oxygen atoms in total. The van der Waals surface area contributed by atoms with Gasteiger partial charge in [0, 0.05) is 25.7 Å². The highest BCUT2D eigenvalue weighted by Crippen LogP contribution is 2.08. The first-order valence-electron chi connectivity index (χ1n) is 5.21. The third-order valence-electron chi connectivity index (χ3n) is 2.20. The van der Waals surface area contributed by atoms with Gasteiger partial charge in [0.25, 0.3) is 0 Å². The number of nitrogens with zero attached hydrogens (tertiary/aromatic N) is 1. The van der Waals surface area contributed by atoms with Crippen LogP contribution in [0.1, 0.15) is 18.4 Å². The van der Waals surface area contributed by atoms with Crippen LogP contribution in [0.15, 0.2) is 24.3 Å². The van der Waals surface area contributed by atoms with E-state index in [1.54, 1.807) is 19.2 Å². The number of hydrogen-bond acceptors (Lipinski definition) is 3. The van der Waals surface area contributed by atoms with E-state index in [4.69, 9.17) is 5.26 Å². The summed E-state index contributed by atoms with van der Waals surface area (Å²) >= 11 is 0. The van der Waals surface area contributed by atoms with Gasteiger partial charge < -0.3 is 10.6 Å². The average Bonchev–Trinajstić information content (AvgIpc) is 2.35. The second-order valence-electron chi connectivity index (χ2n) is 3.39. The van der Waals surface area contributed by atoms with Crippen LogP contribution in [0.3, 0.4) is 0 Å². The maximum atomic E-state index is 10.9. The number of carbonyl (C=O) groups excluding carboxylic acids is 1. The van der Waals surface area contributed by atoms with Crippen molar-refractivity contribution in [1.29, 1.82) is 5.26 Å². The molecule has 84 valence electrons. The van der Waals surface area contributed by atoms with Crippen molar-refractivity contribution in [3.8, 4) is 6.07 Å². The van der Waals surface area contributed by atoms with Gasteiger partial charge in [0.15, 0.2) is 0 Å². The smallest absolute Gasteiger partial charge is 0.219 e. The van der Waals surface area contributed by atoms with E-state index in [1.165, 1.54) is 0 Å². The number of hydrogen-bond donors (Lipinski definition) is 2. The Balaban J connectivity index is 2.27. The van der Waals surface area contributed by atoms with Crippen molar-refractivity contribution >= 4 is 11.6 Å². The molecule has 0 fully saturated rings. The third kappa shape index (κ3) is 4.01. The summed E-state index contributed by atoms with van der Waals surface area (Å²) in [6.45, 7) is 0.749. The van der Waals surface area contributed by atoms with Crippen LogP contribution in [0.2, 0.25) is 0 Å². The number of amides is 1. The van der Waals surface area contributed by atoms with Gasteiger partial charge in [0.05, 0.1) is 11.6 Å². The minimum absolute atomic E-state index is 0.0571. The first-order valence-corrected chi connectivity index (χ1v) is 5.21. The highest BCUT2D eigenvalue weighted by atomic mass is 16.1. The predicted molar refractivity (Wildman–Crippen MR) is 62.9 cm³/mol. The van der Waals surface area contributed by atoms with Crippen molar-refractivity contribution in [2.75, 3.05) is 18.9 Å². The van der Waals surface area contributed by atoms with Gasteiger partial charge in [-0.1, -0.05) is 0 Å². The van der Waals surface area contributed by atoms with Crippen molar-refractivity contribution in [3.05, 3.63) is 29.8 Å². The molecular formula is C12H15N3O. The van der Waals surface area contributed by atoms with Gasteiger partial charge in [-0.15, -0.1) is 0 Å². The molecule has 0 bridgehead atoms. The lowest BCUT2D eigenvalue weighted by Gasteiger charge is -2.05. The quantitative estimate of drug-likeness (QED) is 0.734. The van der Waals surface area contributed by atoms with Crippen LogP contribution in [0.4, 0.5) is 5.69 Å². The largest absolute Gasteiger partial charge is 0.385 e. The van der Waals surface area contributed by atoms with E-state index < -0.39 is 0 Å². The molecule has 0 saturated carbocycles. The summed E-state index contributed by atoms with van der Waals surface area (Å²) in [7, 11) is 1.64. The summed E-state index contributed by atoms with van der Waals surface area (Å²) in [5.74, 6) is 0.0571. The topological polar surface area (TPSA) is 64.9 Å². The molecule has 0 heterocycles. The summed E-state index contributed by atoms with van der Waals surface area (Å²) in [5, 5.41) is 14.4. The second kappa shape index (κ2) is 6.46. The first-order chi connectivity index (χ1) is 7.76. The fourth-order valence-corrected chi connectivity index (χ4v) is 1.27. The summed E-state index contributed by atoms with van der Waals surface area (Å²) in [6.07, 6.45) is 1.32. The summed E-state index contributed by atoms with van der Waals surface area (Å²) in [6, 6.07) is 9.31. The molecule has 0 aliphatic heterocycles. The summed E-state index contributed by atoms with van der Waals surface area (Å²) in [4.78, 5) is 10.9. The maximum absolute atomic E-state index is 10.9. The molecule has 0 unspecified atom stereocenters. The van der Waals surface area contributed by atoms with Crippen LogP contribution in [-0.2, 0) is 4.79 Å². The maximum Gasteiger partial charge on any atom is 0.219 e. The minimum atomic E-state index is 0.0571. The zero-order valence-electron chi connectivity index (χ0n) is 9.29. The Labute approximate surface area is 95.3 Å². The van der Waals surface area contributed by atoms with E-state index in [-0.39, 0.29) is 5.91 Å². The molecular weight excluding hydrogens is 202 g/mol. The Hall–Kier alpha value is -2.02. The molecule has 0 aliphatic carbocycles. The molecule has 0 atom stereocenters. The van der Waals surface area contributed by atoms with Crippen molar-refractivity contribution in [1.82, 2.24) is 5.32 Å². The SMILES string of the molecule is CNC(=O)CCCNc1ccc(C#N)cc1. The lowest BCUT2D eigenvalue weighted by molar-refractivity contribution is -0.120. The highest BCUT2D eigenvalue weighted by Gasteiger charge is 1.97. The van der Waals surface area contributed by atoms with E-state index in [2.05, 4.69) is 16.7 Å². The Morgan fingerprint density at radius 3 is 2.62 bits per heavy atom. The van der Waals surface area contributed by atoms with Crippen molar-refractivity contribution in [2.45, 2.75) is 12.8 Å². The fourth-order valence-electron chi connectivity index (χ4n) is 1.27. The lowest BCUT2D eigenvalue weighted by Crippen LogP contribution is -2.18. The molecule has 0 saturated heterocycles. The Kier molecular flexibility index (Phi) is 4.87. The molecule has 1 amide bonds. The van der Waals surface area contributed by atoms with Gasteiger partial charge in [0.2, 0.25) is 5.91 Å². The lowest BCUT2D eigenvalue weighted by atomic mass is 10.2. The number of nitrogens with one attached hydrogen (secondary N) is 2. The Morgan fingerprint density at radius 2 is 2.06 bits per heavy atom. The van der Waals surface area contributed by atoms with E-state index in [1.807, 2.05) is 12.1 Å². The zero-order valence-corrected chi connectivity index (χ0v) is 9.29. The number of rotatable bonds is 5. The highest BCUT2D eigenvalue weighted by molar-refractivity contribution is 5.75. The summed E-state index contributed by atoms with van der Waals surface area (Å²) in [5.41, 5.74) is 1.62. The van der Waals surface area contributed by atoms with Crippen molar-refractivity contribution in [3.63, 3.8) is 0 Å². The van der Waals surface area contributed by atoms with Gasteiger partial charge in [0.1, 0.15) is 0 Å². The molecule has 1 aromatic rings. The molecule has 4 heteroatoms. The molecule has 0 radical (unpaired) electrons. The van der Waals surface area contributed by atoms with Gasteiger partial charge in [-0.2, -0.15) is 5.26 Å². The standard InChI is InChI=1S/C12H15N3O/c1-14-12(16)3-2-8-15-11-6-4-10(9-13)5-7-11/h4-7,15H,2-3,8H2,1H3,(H,14,16). The first kappa shape index (κ1) is 12.1. The third-order valence-corrected chi connectivity index (χ3v) is 2.20. The van der Waals surface area contributed by atoms with Crippen LogP contribution in [0, 0.1) is 11.3 Å². The van der Waals surface area contributed by atoms with E-state index >= 15 is 0 Å². The zero-order chi connectivity index (χ0) is 11.8. The van der Waals surface area contributed by atoms with Crippen LogP contribution >= 0.6 is 0 Å². The molecule has 16 heavy (non-hydrogen) atoms. The predicted octanol–water partition coefficient (Wildman–Crippen LogP) is 1.50. The molecule has 1 aromatic carbocycles. The number of benzene rings is 1. The van der Waals surface area contributed by atoms with E-state index in [0.29, 0.717) is 12.0 Å². The van der Waals surface area contributed by atoms with Crippen molar-refractivity contribution < 1.29 is 4.79 Å². The van der Waals surface area contributed by atoms with Crippen LogP contribution in [0.25, 0.3) is 0 Å². The van der Waals surface area contributed by atoms with Gasteiger partial charge in [-0.05, 0) is 30.7 Å². The monoisotopic (exact) mass is 217 g/mol. The van der Waals surface area contributed by atoms with Gasteiger partial charge >= 0.3 is 0 Å². The second-order valence-corrected chi connectivity index (χ2v) is 3.39.